The molecule has 0 radical (unpaired) electrons. The molecule has 0 aliphatic rings. The Balaban J connectivity index is 2.43. The zero-order valence-corrected chi connectivity index (χ0v) is 10.9. The van der Waals surface area contributed by atoms with Crippen LogP contribution in [0.2, 0.25) is 0 Å². The molecular weight excluding hydrogens is 252 g/mol. The van der Waals surface area contributed by atoms with Crippen LogP contribution in [-0.4, -0.2) is 23.1 Å². The van der Waals surface area contributed by atoms with Crippen molar-refractivity contribution in [2.75, 3.05) is 0 Å². The maximum Gasteiger partial charge on any atom is 0.326 e. The van der Waals surface area contributed by atoms with Crippen molar-refractivity contribution >= 4 is 23.3 Å². The van der Waals surface area contributed by atoms with Crippen molar-refractivity contribution in [3.63, 3.8) is 0 Å². The van der Waals surface area contributed by atoms with E-state index < -0.39 is 18.0 Å². The molecule has 0 saturated carbocycles. The molecule has 1 atom stereocenters. The number of hydrogen-bond acceptors (Lipinski definition) is 3. The highest BCUT2D eigenvalue weighted by Crippen LogP contribution is 2.12. The van der Waals surface area contributed by atoms with E-state index in [0.29, 0.717) is 6.54 Å². The maximum atomic E-state index is 11.5. The van der Waals surface area contributed by atoms with E-state index in [1.54, 1.807) is 11.3 Å². The summed E-state index contributed by atoms with van der Waals surface area (Å²) in [6.07, 6.45) is 1.66. The molecule has 0 saturated heterocycles. The number of rotatable bonds is 6. The molecule has 1 heterocycles. The quantitative estimate of drug-likeness (QED) is 0.689. The number of carboxylic acids is 1. The molecule has 2 amide bonds. The van der Waals surface area contributed by atoms with E-state index in [2.05, 4.69) is 17.2 Å². The Morgan fingerprint density at radius 1 is 1.56 bits per heavy atom. The van der Waals surface area contributed by atoms with Gasteiger partial charge < -0.3 is 15.7 Å². The highest BCUT2D eigenvalue weighted by Gasteiger charge is 2.17. The third kappa shape index (κ3) is 4.21. The molecule has 0 fully saturated rings. The lowest BCUT2D eigenvalue weighted by Crippen LogP contribution is -2.45. The molecule has 0 bridgehead atoms. The van der Waals surface area contributed by atoms with Gasteiger partial charge in [-0.3, -0.25) is 0 Å². The number of thiophene rings is 1. The van der Waals surface area contributed by atoms with Gasteiger partial charge in [0.05, 0.1) is 0 Å². The number of urea groups is 1. The van der Waals surface area contributed by atoms with E-state index in [9.17, 15) is 9.59 Å². The molecule has 5 nitrogen and oxygen atoms in total. The second-order valence-corrected chi connectivity index (χ2v) is 4.57. The Bertz CT molecular complexity index is 442. The number of nitrogens with one attached hydrogen (secondary N) is 2. The van der Waals surface area contributed by atoms with Crippen molar-refractivity contribution in [3.8, 4) is 0 Å². The van der Waals surface area contributed by atoms with Crippen LogP contribution in [0.25, 0.3) is 0 Å². The van der Waals surface area contributed by atoms with E-state index in [4.69, 9.17) is 5.11 Å². The van der Waals surface area contributed by atoms with Crippen molar-refractivity contribution in [1.82, 2.24) is 10.6 Å². The van der Waals surface area contributed by atoms with Crippen molar-refractivity contribution < 1.29 is 14.7 Å². The molecule has 1 aromatic rings. The standard InChI is InChI=1S/C12H16N2O3S/c1-3-4-10(11(15)16)14-12(17)13-5-9-7-18-6-8(9)2/h3,6-7,10H,1,4-5H2,2H3,(H,15,16)(H2,13,14,17). The monoisotopic (exact) mass is 268 g/mol. The van der Waals surface area contributed by atoms with E-state index in [1.165, 1.54) is 6.08 Å². The summed E-state index contributed by atoms with van der Waals surface area (Å²) in [4.78, 5) is 22.3. The molecule has 0 aliphatic carbocycles. The molecule has 1 unspecified atom stereocenters. The van der Waals surface area contributed by atoms with Crippen LogP contribution in [0, 0.1) is 6.92 Å². The highest BCUT2D eigenvalue weighted by molar-refractivity contribution is 7.08. The van der Waals surface area contributed by atoms with Crippen molar-refractivity contribution in [2.24, 2.45) is 0 Å². The number of aliphatic carboxylic acids is 1. The molecule has 18 heavy (non-hydrogen) atoms. The summed E-state index contributed by atoms with van der Waals surface area (Å²) >= 11 is 1.57. The first kappa shape index (κ1) is 14.2. The van der Waals surface area contributed by atoms with Gasteiger partial charge in [-0.05, 0) is 35.2 Å². The molecule has 1 aromatic heterocycles. The summed E-state index contributed by atoms with van der Waals surface area (Å²) in [7, 11) is 0. The first-order valence-electron chi connectivity index (χ1n) is 5.44. The van der Waals surface area contributed by atoms with Gasteiger partial charge in [0.1, 0.15) is 6.04 Å². The predicted octanol–water partition coefficient (Wildman–Crippen LogP) is 1.89. The predicted molar refractivity (Wildman–Crippen MR) is 70.7 cm³/mol. The van der Waals surface area contributed by atoms with Gasteiger partial charge in [-0.15, -0.1) is 6.58 Å². The third-order valence-electron chi connectivity index (χ3n) is 2.41. The van der Waals surface area contributed by atoms with Crippen LogP contribution in [-0.2, 0) is 11.3 Å². The Morgan fingerprint density at radius 2 is 2.28 bits per heavy atom. The molecule has 0 spiro atoms. The highest BCUT2D eigenvalue weighted by atomic mass is 32.1. The summed E-state index contributed by atoms with van der Waals surface area (Å²) in [6, 6.07) is -1.43. The third-order valence-corrected chi connectivity index (χ3v) is 3.32. The lowest BCUT2D eigenvalue weighted by atomic mass is 10.2. The van der Waals surface area contributed by atoms with E-state index >= 15 is 0 Å². The second-order valence-electron chi connectivity index (χ2n) is 3.82. The summed E-state index contributed by atoms with van der Waals surface area (Å²) in [5.74, 6) is -1.07. The van der Waals surface area contributed by atoms with Gasteiger partial charge in [-0.25, -0.2) is 9.59 Å². The molecule has 0 aromatic carbocycles. The molecule has 6 heteroatoms. The second kappa shape index (κ2) is 6.80. The molecule has 3 N–H and O–H groups in total. The number of carbonyl (C=O) groups excluding carboxylic acids is 1. The molecule has 1 rings (SSSR count). The minimum absolute atomic E-state index is 0.195. The fourth-order valence-corrected chi connectivity index (χ4v) is 2.20. The smallest absolute Gasteiger partial charge is 0.326 e. The van der Waals surface area contributed by atoms with Crippen LogP contribution in [0.5, 0.6) is 0 Å². The molecular formula is C12H16N2O3S. The van der Waals surface area contributed by atoms with Crippen LogP contribution < -0.4 is 10.6 Å². The SMILES string of the molecule is C=CCC(NC(=O)NCc1cscc1C)C(=O)O. The summed E-state index contributed by atoms with van der Waals surface area (Å²) in [5, 5.41) is 17.8. The molecule has 98 valence electrons. The maximum absolute atomic E-state index is 11.5. The summed E-state index contributed by atoms with van der Waals surface area (Å²) < 4.78 is 0. The van der Waals surface area contributed by atoms with Crippen LogP contribution >= 0.6 is 11.3 Å². The Labute approximate surface area is 110 Å². The van der Waals surface area contributed by atoms with E-state index in [-0.39, 0.29) is 6.42 Å². The lowest BCUT2D eigenvalue weighted by molar-refractivity contribution is -0.139. The average molecular weight is 268 g/mol. The van der Waals surface area contributed by atoms with Crippen molar-refractivity contribution in [3.05, 3.63) is 34.5 Å². The molecule has 0 aliphatic heterocycles. The van der Waals surface area contributed by atoms with E-state index in [1.807, 2.05) is 17.7 Å². The minimum atomic E-state index is -1.07. The van der Waals surface area contributed by atoms with Gasteiger partial charge >= 0.3 is 12.0 Å². The summed E-state index contributed by atoms with van der Waals surface area (Å²) in [5.41, 5.74) is 2.15. The normalized spacial score (nSPS) is 11.6. The largest absolute Gasteiger partial charge is 0.480 e. The Kier molecular flexibility index (Phi) is 5.38. The van der Waals surface area contributed by atoms with Crippen molar-refractivity contribution in [2.45, 2.75) is 25.9 Å². The minimum Gasteiger partial charge on any atom is -0.480 e. The number of aryl methyl sites for hydroxylation is 1. The Hall–Kier alpha value is -1.82. The fourth-order valence-electron chi connectivity index (χ4n) is 1.34. The number of hydrogen-bond donors (Lipinski definition) is 3. The van der Waals surface area contributed by atoms with E-state index in [0.717, 1.165) is 11.1 Å². The first-order chi connectivity index (χ1) is 8.54. The van der Waals surface area contributed by atoms with Crippen molar-refractivity contribution in [1.29, 1.82) is 0 Å². The van der Waals surface area contributed by atoms with Crippen LogP contribution in [0.1, 0.15) is 17.5 Å². The van der Waals surface area contributed by atoms with Gasteiger partial charge in [0.15, 0.2) is 0 Å². The zero-order valence-electron chi connectivity index (χ0n) is 10.1. The number of carbonyl (C=O) groups is 2. The van der Waals surface area contributed by atoms with Gasteiger partial charge in [0.2, 0.25) is 0 Å². The van der Waals surface area contributed by atoms with Gasteiger partial charge in [0.25, 0.3) is 0 Å². The number of amides is 2. The van der Waals surface area contributed by atoms with Crippen LogP contribution in [0.4, 0.5) is 4.79 Å². The summed E-state index contributed by atoms with van der Waals surface area (Å²) in [6.45, 7) is 5.81. The Morgan fingerprint density at radius 3 is 2.78 bits per heavy atom. The zero-order chi connectivity index (χ0) is 13.5. The van der Waals surface area contributed by atoms with Gasteiger partial charge in [-0.2, -0.15) is 11.3 Å². The van der Waals surface area contributed by atoms with Gasteiger partial charge in [0, 0.05) is 6.54 Å². The topological polar surface area (TPSA) is 78.4 Å². The lowest BCUT2D eigenvalue weighted by Gasteiger charge is -2.13. The first-order valence-corrected chi connectivity index (χ1v) is 6.38. The van der Waals surface area contributed by atoms with Gasteiger partial charge in [-0.1, -0.05) is 6.08 Å². The van der Waals surface area contributed by atoms with Crippen LogP contribution in [0.15, 0.2) is 23.4 Å². The van der Waals surface area contributed by atoms with Crippen LogP contribution in [0.3, 0.4) is 0 Å². The fraction of sp³-hybridized carbons (Fsp3) is 0.333. The average Bonchev–Trinajstić information content (AvgIpc) is 2.71. The number of carboxylic acid groups (broad SMARTS) is 1.